The number of halogens is 3. The van der Waals surface area contributed by atoms with Crippen LogP contribution in [0.4, 0.5) is 19.0 Å². The molecule has 0 aliphatic carbocycles. The van der Waals surface area contributed by atoms with Crippen molar-refractivity contribution in [2.24, 2.45) is 14.1 Å². The molecule has 0 aliphatic heterocycles. The molecule has 0 saturated heterocycles. The van der Waals surface area contributed by atoms with E-state index in [1.54, 1.807) is 0 Å². The minimum atomic E-state index is -4.55. The number of hydrogen-bond acceptors (Lipinski definition) is 7. The number of Topliss-reactive ketones (excluding diaryl/α,β-unsaturated/α-hetero) is 1. The molecule has 31 heavy (non-hydrogen) atoms. The maximum Gasteiger partial charge on any atom is 0.416 e. The van der Waals surface area contributed by atoms with E-state index in [1.165, 1.54) is 7.05 Å². The summed E-state index contributed by atoms with van der Waals surface area (Å²) in [7, 11) is 2.39. The van der Waals surface area contributed by atoms with Crippen molar-refractivity contribution in [3.8, 4) is 0 Å². The number of hydrogen-bond donors (Lipinski definition) is 2. The number of nitrogens with zero attached hydrogens (tertiary/aromatic N) is 2. The molecule has 0 bridgehead atoms. The van der Waals surface area contributed by atoms with Gasteiger partial charge in [-0.1, -0.05) is 0 Å². The Labute approximate surface area is 172 Å². The summed E-state index contributed by atoms with van der Waals surface area (Å²) in [6.45, 7) is -1.57. The van der Waals surface area contributed by atoms with Crippen LogP contribution in [0.15, 0.2) is 33.9 Å². The van der Waals surface area contributed by atoms with Crippen molar-refractivity contribution < 1.29 is 32.3 Å². The Kier molecular flexibility index (Phi) is 6.68. The molecule has 0 atom stereocenters. The molecule has 1 aromatic carbocycles. The van der Waals surface area contributed by atoms with Crippen LogP contribution in [0.1, 0.15) is 26.3 Å². The predicted molar refractivity (Wildman–Crippen MR) is 100 cm³/mol. The van der Waals surface area contributed by atoms with E-state index in [0.717, 1.165) is 23.7 Å². The molecule has 0 spiro atoms. The lowest BCUT2D eigenvalue weighted by atomic mass is 10.1. The Balaban J connectivity index is 1.96. The highest BCUT2D eigenvalue weighted by Gasteiger charge is 2.30. The summed E-state index contributed by atoms with van der Waals surface area (Å²) in [5.74, 6) is -3.25. The van der Waals surface area contributed by atoms with E-state index in [1.807, 2.05) is 0 Å². The Morgan fingerprint density at radius 2 is 1.65 bits per heavy atom. The van der Waals surface area contributed by atoms with Crippen LogP contribution in [-0.4, -0.2) is 39.9 Å². The lowest BCUT2D eigenvalue weighted by Crippen LogP contribution is -2.42. The third-order valence-corrected chi connectivity index (χ3v) is 4.22. The number of carbonyl (C=O) groups is 3. The summed E-state index contributed by atoms with van der Waals surface area (Å²) >= 11 is 0. The zero-order valence-electron chi connectivity index (χ0n) is 16.3. The van der Waals surface area contributed by atoms with Crippen molar-refractivity contribution in [2.75, 3.05) is 18.9 Å². The number of carbonyl (C=O) groups excluding carboxylic acids is 3. The second-order valence-corrected chi connectivity index (χ2v) is 6.31. The number of alkyl halides is 3. The Morgan fingerprint density at radius 1 is 1.06 bits per heavy atom. The van der Waals surface area contributed by atoms with Gasteiger partial charge >= 0.3 is 17.8 Å². The highest BCUT2D eigenvalue weighted by Crippen LogP contribution is 2.29. The molecule has 1 aromatic heterocycles. The number of ether oxygens (including phenoxy) is 1. The Bertz CT molecular complexity index is 1150. The van der Waals surface area contributed by atoms with E-state index < -0.39 is 65.2 Å². The van der Waals surface area contributed by atoms with Crippen molar-refractivity contribution in [1.82, 2.24) is 14.5 Å². The number of ketones is 1. The fourth-order valence-electron chi connectivity index (χ4n) is 2.46. The van der Waals surface area contributed by atoms with Crippen LogP contribution in [0, 0.1) is 0 Å². The molecule has 166 valence electrons. The van der Waals surface area contributed by atoms with Gasteiger partial charge in [0.25, 0.3) is 11.5 Å². The topological polar surface area (TPSA) is 142 Å². The molecule has 1 amide bonds. The molecule has 10 nitrogen and oxygen atoms in total. The number of benzene rings is 1. The first-order valence-electron chi connectivity index (χ1n) is 8.54. The van der Waals surface area contributed by atoms with Crippen LogP contribution >= 0.6 is 0 Å². The van der Waals surface area contributed by atoms with Gasteiger partial charge in [-0.15, -0.1) is 0 Å². The second kappa shape index (κ2) is 8.85. The van der Waals surface area contributed by atoms with Gasteiger partial charge in [0.15, 0.2) is 6.61 Å². The summed E-state index contributed by atoms with van der Waals surface area (Å²) in [4.78, 5) is 59.7. The molecule has 2 aromatic rings. The predicted octanol–water partition coefficient (Wildman–Crippen LogP) is -0.159. The molecule has 1 heterocycles. The monoisotopic (exact) mass is 442 g/mol. The standard InChI is InChI=1S/C18H17F3N4O6/c1-24-14(22)13(16(29)25(2)17(24)30)11(26)8-31-12(27)7-23-15(28)9-3-5-10(6-4-9)18(19,20)21/h3-6H,7-8,22H2,1-2H3,(H,23,28). The molecule has 0 unspecified atom stereocenters. The van der Waals surface area contributed by atoms with Crippen molar-refractivity contribution in [2.45, 2.75) is 6.18 Å². The highest BCUT2D eigenvalue weighted by atomic mass is 19.4. The molecule has 0 saturated carbocycles. The molecule has 0 fully saturated rings. The Hall–Kier alpha value is -3.90. The van der Waals surface area contributed by atoms with E-state index in [-0.39, 0.29) is 5.56 Å². The normalized spacial score (nSPS) is 11.1. The number of rotatable bonds is 6. The van der Waals surface area contributed by atoms with Gasteiger partial charge in [-0.25, -0.2) is 4.79 Å². The number of anilines is 1. The third-order valence-electron chi connectivity index (χ3n) is 4.22. The molecule has 0 radical (unpaired) electrons. The maximum atomic E-state index is 12.5. The van der Waals surface area contributed by atoms with Gasteiger partial charge in [-0.3, -0.25) is 28.3 Å². The molecule has 2 rings (SSSR count). The van der Waals surface area contributed by atoms with Gasteiger partial charge in [0.05, 0.1) is 5.56 Å². The zero-order chi connectivity index (χ0) is 23.5. The number of nitrogens with two attached hydrogens (primary N) is 1. The van der Waals surface area contributed by atoms with Gasteiger partial charge in [0.1, 0.15) is 17.9 Å². The van der Waals surface area contributed by atoms with Crippen LogP contribution in [0.25, 0.3) is 0 Å². The number of nitrogens with one attached hydrogen (secondary N) is 1. The summed E-state index contributed by atoms with van der Waals surface area (Å²) in [5, 5.41) is 2.13. The number of amides is 1. The van der Waals surface area contributed by atoms with E-state index in [0.29, 0.717) is 16.7 Å². The van der Waals surface area contributed by atoms with E-state index in [9.17, 15) is 37.1 Å². The van der Waals surface area contributed by atoms with Gasteiger partial charge in [0, 0.05) is 19.7 Å². The van der Waals surface area contributed by atoms with Crippen LogP contribution < -0.4 is 22.3 Å². The SMILES string of the molecule is Cn1c(N)c(C(=O)COC(=O)CNC(=O)c2ccc(C(F)(F)F)cc2)c(=O)n(C)c1=O. The van der Waals surface area contributed by atoms with Crippen LogP contribution in [-0.2, 0) is 29.8 Å². The molecular weight excluding hydrogens is 425 g/mol. The largest absolute Gasteiger partial charge is 0.456 e. The van der Waals surface area contributed by atoms with Crippen LogP contribution in [0.2, 0.25) is 0 Å². The summed E-state index contributed by atoms with van der Waals surface area (Å²) in [6, 6.07) is 3.30. The average molecular weight is 442 g/mol. The van der Waals surface area contributed by atoms with Crippen molar-refractivity contribution in [3.63, 3.8) is 0 Å². The fourth-order valence-corrected chi connectivity index (χ4v) is 2.46. The number of aromatic nitrogens is 2. The minimum Gasteiger partial charge on any atom is -0.456 e. The smallest absolute Gasteiger partial charge is 0.416 e. The van der Waals surface area contributed by atoms with Crippen molar-refractivity contribution in [1.29, 1.82) is 0 Å². The number of esters is 1. The van der Waals surface area contributed by atoms with Crippen molar-refractivity contribution in [3.05, 3.63) is 61.8 Å². The first-order valence-corrected chi connectivity index (χ1v) is 8.54. The van der Waals surface area contributed by atoms with Gasteiger partial charge in [0.2, 0.25) is 5.78 Å². The van der Waals surface area contributed by atoms with Crippen LogP contribution in [0.5, 0.6) is 0 Å². The third kappa shape index (κ3) is 5.18. The van der Waals surface area contributed by atoms with Gasteiger partial charge < -0.3 is 15.8 Å². The van der Waals surface area contributed by atoms with Crippen molar-refractivity contribution >= 4 is 23.5 Å². The van der Waals surface area contributed by atoms with E-state index >= 15 is 0 Å². The first-order chi connectivity index (χ1) is 14.3. The van der Waals surface area contributed by atoms with Gasteiger partial charge in [-0.05, 0) is 24.3 Å². The van der Waals surface area contributed by atoms with Crippen LogP contribution in [0.3, 0.4) is 0 Å². The lowest BCUT2D eigenvalue weighted by molar-refractivity contribution is -0.141. The summed E-state index contributed by atoms with van der Waals surface area (Å²) in [5.41, 5.74) is 2.31. The van der Waals surface area contributed by atoms with E-state index in [4.69, 9.17) is 5.73 Å². The zero-order valence-corrected chi connectivity index (χ0v) is 16.3. The molecule has 3 N–H and O–H groups in total. The highest BCUT2D eigenvalue weighted by molar-refractivity contribution is 6.01. The fraction of sp³-hybridized carbons (Fsp3) is 0.278. The summed E-state index contributed by atoms with van der Waals surface area (Å²) in [6.07, 6.45) is -4.55. The summed E-state index contributed by atoms with van der Waals surface area (Å²) < 4.78 is 43.8. The van der Waals surface area contributed by atoms with E-state index in [2.05, 4.69) is 10.1 Å². The number of nitrogen functional groups attached to an aromatic ring is 1. The quantitative estimate of drug-likeness (QED) is 0.468. The molecule has 13 heteroatoms. The van der Waals surface area contributed by atoms with Gasteiger partial charge in [-0.2, -0.15) is 13.2 Å². The first kappa shape index (κ1) is 23.4. The lowest BCUT2D eigenvalue weighted by Gasteiger charge is -2.11. The average Bonchev–Trinajstić information content (AvgIpc) is 2.72. The second-order valence-electron chi connectivity index (χ2n) is 6.31. The minimum absolute atomic E-state index is 0.127. The Morgan fingerprint density at radius 3 is 2.19 bits per heavy atom. The maximum absolute atomic E-state index is 12.5. The molecular formula is C18H17F3N4O6. The molecule has 0 aliphatic rings.